The maximum atomic E-state index is 13.0. The van der Waals surface area contributed by atoms with E-state index in [1.54, 1.807) is 18.2 Å². The molecule has 3 rings (SSSR count). The predicted octanol–water partition coefficient (Wildman–Crippen LogP) is 4.62. The number of oxazole rings is 1. The van der Waals surface area contributed by atoms with Gasteiger partial charge in [0.2, 0.25) is 5.89 Å². The van der Waals surface area contributed by atoms with Gasteiger partial charge < -0.3 is 4.42 Å². The molecular weight excluding hydrogens is 355 g/mol. The summed E-state index contributed by atoms with van der Waals surface area (Å²) in [5.41, 5.74) is 0.857. The molecule has 132 valence electrons. The largest absolute Gasteiger partial charge is 0.436 e. The Bertz CT molecular complexity index is 1050. The van der Waals surface area contributed by atoms with Crippen LogP contribution in [0.5, 0.6) is 0 Å². The number of rotatable bonds is 3. The first-order chi connectivity index (χ1) is 11.6. The maximum absolute atomic E-state index is 13.0. The Kier molecular flexibility index (Phi) is 4.10. The molecule has 0 aliphatic rings. The average molecular weight is 369 g/mol. The molecule has 8 heteroatoms. The van der Waals surface area contributed by atoms with Crippen LogP contribution in [0.1, 0.15) is 18.1 Å². The third-order valence-electron chi connectivity index (χ3n) is 3.80. The van der Waals surface area contributed by atoms with Crippen molar-refractivity contribution in [1.29, 1.82) is 0 Å². The van der Waals surface area contributed by atoms with Crippen molar-refractivity contribution in [2.24, 2.45) is 0 Å². The smallest absolute Gasteiger partial charge is 0.416 e. The fourth-order valence-corrected chi connectivity index (χ4v) is 3.55. The zero-order chi connectivity index (χ0) is 18.4. The van der Waals surface area contributed by atoms with Crippen molar-refractivity contribution in [3.8, 4) is 11.5 Å². The lowest BCUT2D eigenvalue weighted by Gasteiger charge is -2.11. The van der Waals surface area contributed by atoms with Gasteiger partial charge in [0.15, 0.2) is 15.4 Å². The van der Waals surface area contributed by atoms with E-state index >= 15 is 0 Å². The number of nitrogens with zero attached hydrogens (tertiary/aromatic N) is 1. The Morgan fingerprint density at radius 2 is 1.84 bits per heavy atom. The van der Waals surface area contributed by atoms with Gasteiger partial charge in [0, 0.05) is 0 Å². The minimum absolute atomic E-state index is 0.0173. The van der Waals surface area contributed by atoms with Crippen molar-refractivity contribution >= 4 is 20.9 Å². The monoisotopic (exact) mass is 369 g/mol. The summed E-state index contributed by atoms with van der Waals surface area (Å²) in [5.74, 6) is -0.359. The van der Waals surface area contributed by atoms with Gasteiger partial charge in [-0.15, -0.1) is 0 Å². The minimum atomic E-state index is -4.64. The number of fused-ring (bicyclic) bond motifs is 1. The first-order valence-corrected chi connectivity index (χ1v) is 9.08. The van der Waals surface area contributed by atoms with Gasteiger partial charge in [-0.05, 0) is 42.8 Å². The van der Waals surface area contributed by atoms with Crippen molar-refractivity contribution in [3.05, 3.63) is 47.5 Å². The van der Waals surface area contributed by atoms with Crippen LogP contribution in [0.3, 0.4) is 0 Å². The molecule has 0 unspecified atom stereocenters. The summed E-state index contributed by atoms with van der Waals surface area (Å²) in [6.07, 6.45) is -4.64. The lowest BCUT2D eigenvalue weighted by Crippen LogP contribution is -2.10. The molecular formula is C17H14F3NO3S. The maximum Gasteiger partial charge on any atom is 0.416 e. The van der Waals surface area contributed by atoms with Crippen molar-refractivity contribution in [3.63, 3.8) is 0 Å². The molecule has 0 bridgehead atoms. The highest BCUT2D eigenvalue weighted by Crippen LogP contribution is 2.36. The highest BCUT2D eigenvalue weighted by atomic mass is 32.2. The summed E-state index contributed by atoms with van der Waals surface area (Å²) in [6.45, 7) is 3.23. The van der Waals surface area contributed by atoms with Crippen LogP contribution in [0.4, 0.5) is 13.2 Å². The number of sulfone groups is 1. The molecule has 0 N–H and O–H groups in total. The summed E-state index contributed by atoms with van der Waals surface area (Å²) >= 11 is 0. The first-order valence-electron chi connectivity index (χ1n) is 7.43. The molecule has 1 aromatic heterocycles. The number of hydrogen-bond donors (Lipinski definition) is 0. The van der Waals surface area contributed by atoms with Gasteiger partial charge in [-0.2, -0.15) is 13.2 Å². The van der Waals surface area contributed by atoms with Gasteiger partial charge in [-0.3, -0.25) is 0 Å². The number of alkyl halides is 3. The van der Waals surface area contributed by atoms with E-state index in [1.807, 2.05) is 6.92 Å². The summed E-state index contributed by atoms with van der Waals surface area (Å²) in [7, 11) is -3.91. The standard InChI is InChI=1S/C17H14F3NO3S/c1-3-25(22,23)15-9-11(17(18,19)20)5-6-12(15)16-21-13-8-10(2)4-7-14(13)24-16/h4-9H,3H2,1-2H3. The van der Waals surface area contributed by atoms with Gasteiger partial charge in [-0.1, -0.05) is 13.0 Å². The zero-order valence-corrected chi connectivity index (χ0v) is 14.2. The third-order valence-corrected chi connectivity index (χ3v) is 5.57. The molecule has 0 fully saturated rings. The fourth-order valence-electron chi connectivity index (χ4n) is 2.44. The second-order valence-electron chi connectivity index (χ2n) is 5.60. The van der Waals surface area contributed by atoms with Crippen LogP contribution in [0.25, 0.3) is 22.6 Å². The lowest BCUT2D eigenvalue weighted by atomic mass is 10.1. The van der Waals surface area contributed by atoms with E-state index in [-0.39, 0.29) is 17.2 Å². The van der Waals surface area contributed by atoms with Gasteiger partial charge in [-0.25, -0.2) is 13.4 Å². The fraction of sp³-hybridized carbons (Fsp3) is 0.235. The van der Waals surface area contributed by atoms with Crippen molar-refractivity contribution < 1.29 is 26.0 Å². The number of hydrogen-bond acceptors (Lipinski definition) is 4. The van der Waals surface area contributed by atoms with E-state index < -0.39 is 26.5 Å². The summed E-state index contributed by atoms with van der Waals surface area (Å²) in [6, 6.07) is 7.77. The van der Waals surface area contributed by atoms with Crippen LogP contribution in [-0.2, 0) is 16.0 Å². The molecule has 0 amide bonds. The Morgan fingerprint density at radius 1 is 1.12 bits per heavy atom. The first kappa shape index (κ1) is 17.5. The van der Waals surface area contributed by atoms with Crippen LogP contribution >= 0.6 is 0 Å². The number of aromatic nitrogens is 1. The second kappa shape index (κ2) is 5.87. The second-order valence-corrected chi connectivity index (χ2v) is 7.85. The molecule has 0 aliphatic carbocycles. The van der Waals surface area contributed by atoms with Gasteiger partial charge >= 0.3 is 6.18 Å². The Balaban J connectivity index is 2.26. The van der Waals surface area contributed by atoms with Gasteiger partial charge in [0.1, 0.15) is 5.52 Å². The molecule has 0 aliphatic heterocycles. The molecule has 3 aromatic rings. The Morgan fingerprint density at radius 3 is 2.48 bits per heavy atom. The summed E-state index contributed by atoms with van der Waals surface area (Å²) < 4.78 is 69.1. The third kappa shape index (κ3) is 3.26. The van der Waals surface area contributed by atoms with Gasteiger partial charge in [0.25, 0.3) is 0 Å². The van der Waals surface area contributed by atoms with E-state index in [0.717, 1.165) is 17.7 Å². The molecule has 4 nitrogen and oxygen atoms in total. The van der Waals surface area contributed by atoms with Crippen molar-refractivity contribution in [2.45, 2.75) is 24.9 Å². The van der Waals surface area contributed by atoms with Crippen LogP contribution in [-0.4, -0.2) is 19.2 Å². The van der Waals surface area contributed by atoms with Crippen molar-refractivity contribution in [1.82, 2.24) is 4.98 Å². The SMILES string of the molecule is CCS(=O)(=O)c1cc(C(F)(F)F)ccc1-c1nc2cc(C)ccc2o1. The van der Waals surface area contributed by atoms with Crippen LogP contribution in [0.2, 0.25) is 0 Å². The normalized spacial score (nSPS) is 12.7. The Hall–Kier alpha value is -2.35. The van der Waals surface area contributed by atoms with Crippen LogP contribution < -0.4 is 0 Å². The topological polar surface area (TPSA) is 60.2 Å². The molecule has 1 heterocycles. The minimum Gasteiger partial charge on any atom is -0.436 e. The summed E-state index contributed by atoms with van der Waals surface area (Å²) in [4.78, 5) is 3.79. The Labute approximate surface area is 142 Å². The van der Waals surface area contributed by atoms with Gasteiger partial charge in [0.05, 0.1) is 21.8 Å². The molecule has 2 aromatic carbocycles. The highest BCUT2D eigenvalue weighted by Gasteiger charge is 2.33. The molecule has 0 spiro atoms. The van der Waals surface area contributed by atoms with E-state index in [2.05, 4.69) is 4.98 Å². The predicted molar refractivity (Wildman–Crippen MR) is 86.9 cm³/mol. The van der Waals surface area contributed by atoms with E-state index in [1.165, 1.54) is 6.92 Å². The molecule has 0 atom stereocenters. The molecule has 0 radical (unpaired) electrons. The summed E-state index contributed by atoms with van der Waals surface area (Å²) in [5, 5.41) is 0. The zero-order valence-electron chi connectivity index (χ0n) is 13.4. The van der Waals surface area contributed by atoms with E-state index in [0.29, 0.717) is 17.2 Å². The van der Waals surface area contributed by atoms with E-state index in [4.69, 9.17) is 4.42 Å². The van der Waals surface area contributed by atoms with Crippen LogP contribution in [0.15, 0.2) is 45.7 Å². The van der Waals surface area contributed by atoms with Crippen LogP contribution in [0, 0.1) is 6.92 Å². The molecule has 0 saturated heterocycles. The lowest BCUT2D eigenvalue weighted by molar-refractivity contribution is -0.137. The average Bonchev–Trinajstić information content (AvgIpc) is 2.96. The highest BCUT2D eigenvalue weighted by molar-refractivity contribution is 7.91. The number of halogens is 3. The molecule has 0 saturated carbocycles. The van der Waals surface area contributed by atoms with E-state index in [9.17, 15) is 21.6 Å². The van der Waals surface area contributed by atoms with Crippen molar-refractivity contribution in [2.75, 3.05) is 5.75 Å². The molecule has 25 heavy (non-hydrogen) atoms. The quantitative estimate of drug-likeness (QED) is 0.676. The number of aryl methyl sites for hydroxylation is 1. The number of benzene rings is 2.